The van der Waals surface area contributed by atoms with Crippen LogP contribution in [0.5, 0.6) is 0 Å². The van der Waals surface area contributed by atoms with Gasteiger partial charge in [0.25, 0.3) is 5.91 Å². The SMILES string of the molecule is Cc1nn(C)c(C)c1NC(=O)[C@@H](C)OC(=O)c1c2ccccc2cc2ccccc12. The number of nitrogens with zero attached hydrogens (tertiary/aromatic N) is 2. The topological polar surface area (TPSA) is 73.2 Å². The van der Waals surface area contributed by atoms with E-state index in [2.05, 4.69) is 10.4 Å². The van der Waals surface area contributed by atoms with Gasteiger partial charge < -0.3 is 10.1 Å². The van der Waals surface area contributed by atoms with Crippen molar-refractivity contribution in [3.63, 3.8) is 0 Å². The largest absolute Gasteiger partial charge is 0.449 e. The number of carbonyl (C=O) groups is 2. The molecule has 0 spiro atoms. The van der Waals surface area contributed by atoms with E-state index in [9.17, 15) is 9.59 Å². The van der Waals surface area contributed by atoms with E-state index in [1.165, 1.54) is 0 Å². The predicted molar refractivity (Wildman–Crippen MR) is 118 cm³/mol. The minimum Gasteiger partial charge on any atom is -0.449 e. The maximum Gasteiger partial charge on any atom is 0.340 e. The first-order valence-electron chi connectivity index (χ1n) is 9.79. The van der Waals surface area contributed by atoms with Gasteiger partial charge in [-0.05, 0) is 48.4 Å². The van der Waals surface area contributed by atoms with Gasteiger partial charge in [0.2, 0.25) is 0 Å². The van der Waals surface area contributed by atoms with Crippen molar-refractivity contribution in [3.8, 4) is 0 Å². The van der Waals surface area contributed by atoms with Crippen molar-refractivity contribution < 1.29 is 14.3 Å². The summed E-state index contributed by atoms with van der Waals surface area (Å²) in [6.45, 7) is 5.26. The summed E-state index contributed by atoms with van der Waals surface area (Å²) in [5, 5.41) is 10.6. The molecule has 1 aromatic heterocycles. The lowest BCUT2D eigenvalue weighted by Gasteiger charge is -2.16. The van der Waals surface area contributed by atoms with Crippen LogP contribution in [-0.2, 0) is 16.6 Å². The highest BCUT2D eigenvalue weighted by molar-refractivity contribution is 6.17. The third-order valence-corrected chi connectivity index (χ3v) is 5.39. The van der Waals surface area contributed by atoms with E-state index in [1.54, 1.807) is 11.6 Å². The molecule has 0 aliphatic rings. The first kappa shape index (κ1) is 19.6. The maximum atomic E-state index is 13.2. The van der Waals surface area contributed by atoms with Crippen molar-refractivity contribution in [1.29, 1.82) is 0 Å². The molecule has 3 aromatic carbocycles. The normalized spacial score (nSPS) is 12.1. The van der Waals surface area contributed by atoms with E-state index in [-0.39, 0.29) is 0 Å². The van der Waals surface area contributed by atoms with E-state index in [1.807, 2.05) is 75.5 Å². The molecule has 4 rings (SSSR count). The first-order chi connectivity index (χ1) is 14.4. The molecule has 0 unspecified atom stereocenters. The number of fused-ring (bicyclic) bond motifs is 2. The standard InChI is InChI=1S/C24H23N3O3/c1-14-22(15(2)27(4)26-14)25-23(28)16(3)30-24(29)21-19-11-7-5-9-17(19)13-18-10-6-8-12-20(18)21/h5-13,16H,1-4H3,(H,25,28)/t16-/m1/s1. The van der Waals surface area contributed by atoms with E-state index < -0.39 is 18.0 Å². The summed E-state index contributed by atoms with van der Waals surface area (Å²) in [6, 6.07) is 17.4. The number of anilines is 1. The Bertz CT molecular complexity index is 1240. The average molecular weight is 401 g/mol. The van der Waals surface area contributed by atoms with Crippen LogP contribution in [0.15, 0.2) is 54.6 Å². The summed E-state index contributed by atoms with van der Waals surface area (Å²) in [5.74, 6) is -0.919. The fourth-order valence-electron chi connectivity index (χ4n) is 3.69. The molecule has 30 heavy (non-hydrogen) atoms. The molecule has 152 valence electrons. The summed E-state index contributed by atoms with van der Waals surface area (Å²) >= 11 is 0. The van der Waals surface area contributed by atoms with Crippen LogP contribution < -0.4 is 5.32 Å². The molecule has 6 heteroatoms. The number of amides is 1. The number of esters is 1. The van der Waals surface area contributed by atoms with Gasteiger partial charge in [-0.25, -0.2) is 4.79 Å². The van der Waals surface area contributed by atoms with E-state index in [4.69, 9.17) is 4.74 Å². The number of rotatable bonds is 4. The molecule has 0 fully saturated rings. The number of hydrogen-bond donors (Lipinski definition) is 1. The Balaban J connectivity index is 1.64. The average Bonchev–Trinajstić information content (AvgIpc) is 2.97. The maximum absolute atomic E-state index is 13.2. The van der Waals surface area contributed by atoms with Crippen LogP contribution in [0.4, 0.5) is 5.69 Å². The zero-order chi connectivity index (χ0) is 21.4. The van der Waals surface area contributed by atoms with E-state index >= 15 is 0 Å². The molecule has 6 nitrogen and oxygen atoms in total. The molecule has 1 amide bonds. The highest BCUT2D eigenvalue weighted by Crippen LogP contribution is 2.29. The Morgan fingerprint density at radius 1 is 1.00 bits per heavy atom. The molecule has 0 aliphatic heterocycles. The number of aromatic nitrogens is 2. The van der Waals surface area contributed by atoms with Crippen molar-refractivity contribution in [1.82, 2.24) is 9.78 Å². The number of carbonyl (C=O) groups excluding carboxylic acids is 2. The summed E-state index contributed by atoms with van der Waals surface area (Å²) in [6.07, 6.45) is -0.964. The van der Waals surface area contributed by atoms with Crippen LogP contribution in [0.3, 0.4) is 0 Å². The highest BCUT2D eigenvalue weighted by atomic mass is 16.5. The molecule has 0 aliphatic carbocycles. The van der Waals surface area contributed by atoms with Crippen LogP contribution in [0.1, 0.15) is 28.7 Å². The molecular weight excluding hydrogens is 378 g/mol. The van der Waals surface area contributed by atoms with Crippen LogP contribution >= 0.6 is 0 Å². The zero-order valence-electron chi connectivity index (χ0n) is 17.4. The quantitative estimate of drug-likeness (QED) is 0.403. The molecule has 0 saturated heterocycles. The Kier molecular flexibility index (Phi) is 4.99. The van der Waals surface area contributed by atoms with E-state index in [0.717, 1.165) is 27.2 Å². The zero-order valence-corrected chi connectivity index (χ0v) is 17.4. The van der Waals surface area contributed by atoms with Gasteiger partial charge in [0.05, 0.1) is 22.6 Å². The smallest absolute Gasteiger partial charge is 0.340 e. The summed E-state index contributed by atoms with van der Waals surface area (Å²) in [4.78, 5) is 25.9. The molecular formula is C24H23N3O3. The third kappa shape index (κ3) is 3.41. The molecule has 1 heterocycles. The van der Waals surface area contributed by atoms with Gasteiger partial charge in [0.1, 0.15) is 0 Å². The first-order valence-corrected chi connectivity index (χ1v) is 9.79. The monoisotopic (exact) mass is 401 g/mol. The Morgan fingerprint density at radius 2 is 1.57 bits per heavy atom. The third-order valence-electron chi connectivity index (χ3n) is 5.39. The molecule has 4 aromatic rings. The lowest BCUT2D eigenvalue weighted by Crippen LogP contribution is -2.30. The number of benzene rings is 3. The number of ether oxygens (including phenoxy) is 1. The fraction of sp³-hybridized carbons (Fsp3) is 0.208. The second-order valence-corrected chi connectivity index (χ2v) is 7.40. The molecule has 0 radical (unpaired) electrons. The van der Waals surface area contributed by atoms with Crippen LogP contribution in [0, 0.1) is 13.8 Å². The van der Waals surface area contributed by atoms with Crippen molar-refractivity contribution in [2.45, 2.75) is 26.9 Å². The number of nitrogens with one attached hydrogen (secondary N) is 1. The van der Waals surface area contributed by atoms with Crippen molar-refractivity contribution >= 4 is 39.1 Å². The molecule has 0 saturated carbocycles. The Hall–Kier alpha value is -3.67. The van der Waals surface area contributed by atoms with Gasteiger partial charge in [0, 0.05) is 7.05 Å². The van der Waals surface area contributed by atoms with Gasteiger partial charge in [-0.3, -0.25) is 9.48 Å². The van der Waals surface area contributed by atoms with Gasteiger partial charge in [0.15, 0.2) is 6.10 Å². The second-order valence-electron chi connectivity index (χ2n) is 7.40. The molecule has 1 N–H and O–H groups in total. The van der Waals surface area contributed by atoms with Crippen LogP contribution in [-0.4, -0.2) is 27.8 Å². The van der Waals surface area contributed by atoms with Gasteiger partial charge in [-0.2, -0.15) is 5.10 Å². The van der Waals surface area contributed by atoms with Gasteiger partial charge in [-0.15, -0.1) is 0 Å². The Morgan fingerprint density at radius 3 is 2.10 bits per heavy atom. The van der Waals surface area contributed by atoms with Crippen LogP contribution in [0.25, 0.3) is 21.5 Å². The van der Waals surface area contributed by atoms with Crippen molar-refractivity contribution in [3.05, 3.63) is 71.5 Å². The summed E-state index contributed by atoms with van der Waals surface area (Å²) in [5.41, 5.74) is 2.65. The minimum atomic E-state index is -0.964. The lowest BCUT2D eigenvalue weighted by molar-refractivity contribution is -0.123. The highest BCUT2D eigenvalue weighted by Gasteiger charge is 2.24. The van der Waals surface area contributed by atoms with Gasteiger partial charge in [-0.1, -0.05) is 48.5 Å². The number of aryl methyl sites for hydroxylation is 2. The minimum absolute atomic E-state index is 0.396. The van der Waals surface area contributed by atoms with Gasteiger partial charge >= 0.3 is 5.97 Å². The summed E-state index contributed by atoms with van der Waals surface area (Å²) in [7, 11) is 1.81. The molecule has 1 atom stereocenters. The van der Waals surface area contributed by atoms with Crippen molar-refractivity contribution in [2.75, 3.05) is 5.32 Å². The predicted octanol–water partition coefficient (Wildman–Crippen LogP) is 4.53. The molecule has 0 bridgehead atoms. The Labute approximate surface area is 174 Å². The lowest BCUT2D eigenvalue weighted by atomic mass is 9.97. The number of hydrogen-bond acceptors (Lipinski definition) is 4. The summed E-state index contributed by atoms with van der Waals surface area (Å²) < 4.78 is 7.29. The van der Waals surface area contributed by atoms with Crippen LogP contribution in [0.2, 0.25) is 0 Å². The fourth-order valence-corrected chi connectivity index (χ4v) is 3.69. The van der Waals surface area contributed by atoms with E-state index in [0.29, 0.717) is 16.9 Å². The second kappa shape index (κ2) is 7.63. The van der Waals surface area contributed by atoms with Crippen molar-refractivity contribution in [2.24, 2.45) is 7.05 Å².